The maximum Gasteiger partial charge on any atom is 0.368 e. The van der Waals surface area contributed by atoms with Crippen molar-refractivity contribution < 1.29 is 27.9 Å². The van der Waals surface area contributed by atoms with Gasteiger partial charge in [-0.15, -0.1) is 0 Å². The minimum Gasteiger partial charge on any atom is -0.457 e. The second-order valence-corrected chi connectivity index (χ2v) is 6.45. The fourth-order valence-corrected chi connectivity index (χ4v) is 2.58. The smallest absolute Gasteiger partial charge is 0.368 e. The molecule has 0 aliphatic heterocycles. The molecule has 0 saturated heterocycles. The monoisotopic (exact) mass is 377 g/mol. The summed E-state index contributed by atoms with van der Waals surface area (Å²) in [4.78, 5) is 23.7. The molecule has 0 saturated carbocycles. The molecule has 8 heteroatoms. The molecule has 0 fully saturated rings. The predicted molar refractivity (Wildman–Crippen MR) is 96.2 cm³/mol. The zero-order valence-corrected chi connectivity index (χ0v) is 15.2. The number of carbonyl (C=O) groups is 2. The largest absolute Gasteiger partial charge is 0.457 e. The number of rotatable bonds is 9. The Labute approximate surface area is 152 Å². The molecule has 1 unspecified atom stereocenters. The van der Waals surface area contributed by atoms with Crippen LogP contribution in [0.15, 0.2) is 54.6 Å². The van der Waals surface area contributed by atoms with Crippen LogP contribution in [0.4, 0.5) is 0 Å². The van der Waals surface area contributed by atoms with Crippen LogP contribution in [-0.2, 0) is 25.2 Å². The van der Waals surface area contributed by atoms with E-state index in [0.717, 1.165) is 5.56 Å². The summed E-state index contributed by atoms with van der Waals surface area (Å²) in [7, 11) is -3.03. The van der Waals surface area contributed by atoms with Gasteiger partial charge in [-0.3, -0.25) is 9.32 Å². The second-order valence-electron chi connectivity index (χ2n) is 5.45. The van der Waals surface area contributed by atoms with Gasteiger partial charge in [0.25, 0.3) is 0 Å². The van der Waals surface area contributed by atoms with Gasteiger partial charge in [-0.2, -0.15) is 0 Å². The van der Waals surface area contributed by atoms with E-state index in [1.807, 2.05) is 30.3 Å². The number of para-hydroxylation sites is 1. The van der Waals surface area contributed by atoms with E-state index in [1.54, 1.807) is 12.1 Å². The van der Waals surface area contributed by atoms with Gasteiger partial charge in [0.15, 0.2) is 5.78 Å². The minimum atomic E-state index is -3.03. The highest BCUT2D eigenvalue weighted by Gasteiger charge is 2.17. The Balaban J connectivity index is 1.97. The highest BCUT2D eigenvalue weighted by molar-refractivity contribution is 7.33. The van der Waals surface area contributed by atoms with Crippen molar-refractivity contribution in [3.63, 3.8) is 0 Å². The number of esters is 1. The van der Waals surface area contributed by atoms with E-state index >= 15 is 0 Å². The molecule has 26 heavy (non-hydrogen) atoms. The normalized spacial score (nSPS) is 12.8. The van der Waals surface area contributed by atoms with Crippen molar-refractivity contribution in [2.24, 2.45) is 5.73 Å². The maximum atomic E-state index is 12.3. The molecular weight excluding hydrogens is 357 g/mol. The van der Waals surface area contributed by atoms with E-state index in [0.29, 0.717) is 0 Å². The van der Waals surface area contributed by atoms with Gasteiger partial charge in [-0.1, -0.05) is 42.5 Å². The molecule has 0 aliphatic carbocycles. The van der Waals surface area contributed by atoms with E-state index in [-0.39, 0.29) is 17.9 Å². The van der Waals surface area contributed by atoms with Gasteiger partial charge >= 0.3 is 14.2 Å². The van der Waals surface area contributed by atoms with Gasteiger partial charge in [-0.25, -0.2) is 9.36 Å². The van der Waals surface area contributed by atoms with Gasteiger partial charge in [-0.05, 0) is 24.6 Å². The molecule has 0 spiro atoms. The highest BCUT2D eigenvalue weighted by Crippen LogP contribution is 2.31. The molecule has 138 valence electrons. The first kappa shape index (κ1) is 19.8. The standard InChI is InChI=1S/C18H20NO6P/c1-13(19)16(20)12-24-26(22)25-17-10-6-5-9-15(17)18(21)23-11-14-7-3-2-4-8-14/h2-10,13,26H,11-12,19H2,1H3/t13-/m0/s1. The summed E-state index contributed by atoms with van der Waals surface area (Å²) >= 11 is 0. The van der Waals surface area contributed by atoms with E-state index in [1.165, 1.54) is 19.1 Å². The molecular formula is C18H20NO6P. The highest BCUT2D eigenvalue weighted by atomic mass is 31.1. The maximum absolute atomic E-state index is 12.3. The summed E-state index contributed by atoms with van der Waals surface area (Å²) in [6, 6.07) is 14.7. The lowest BCUT2D eigenvalue weighted by Gasteiger charge is -2.11. The Morgan fingerprint density at radius 1 is 1.08 bits per heavy atom. The first-order chi connectivity index (χ1) is 12.5. The first-order valence-electron chi connectivity index (χ1n) is 7.90. The van der Waals surface area contributed by atoms with Gasteiger partial charge in [0.05, 0.1) is 6.04 Å². The Bertz CT molecular complexity index is 778. The number of hydrogen-bond donors (Lipinski definition) is 1. The van der Waals surface area contributed by atoms with Crippen molar-refractivity contribution in [3.8, 4) is 5.75 Å². The summed E-state index contributed by atoms with van der Waals surface area (Å²) in [6.45, 7) is 1.18. The Morgan fingerprint density at radius 3 is 2.42 bits per heavy atom. The van der Waals surface area contributed by atoms with Crippen molar-refractivity contribution in [2.45, 2.75) is 19.6 Å². The van der Waals surface area contributed by atoms with Gasteiger partial charge in [0.1, 0.15) is 24.5 Å². The van der Waals surface area contributed by atoms with Crippen LogP contribution < -0.4 is 10.3 Å². The minimum absolute atomic E-state index is 0.0581. The third kappa shape index (κ3) is 6.11. The lowest BCUT2D eigenvalue weighted by atomic mass is 10.2. The van der Waals surface area contributed by atoms with Crippen LogP contribution in [0, 0.1) is 0 Å². The molecule has 0 bridgehead atoms. The number of carbonyl (C=O) groups excluding carboxylic acids is 2. The predicted octanol–water partition coefficient (Wildman–Crippen LogP) is 2.75. The van der Waals surface area contributed by atoms with Crippen LogP contribution in [0.5, 0.6) is 5.75 Å². The molecule has 0 radical (unpaired) electrons. The molecule has 2 rings (SSSR count). The molecule has 2 atom stereocenters. The molecule has 0 amide bonds. The molecule has 7 nitrogen and oxygen atoms in total. The summed E-state index contributed by atoms with van der Waals surface area (Å²) in [5.41, 5.74) is 6.35. The molecule has 0 heterocycles. The third-order valence-electron chi connectivity index (χ3n) is 3.35. The van der Waals surface area contributed by atoms with Crippen molar-refractivity contribution in [1.29, 1.82) is 0 Å². The van der Waals surface area contributed by atoms with Crippen LogP contribution in [0.25, 0.3) is 0 Å². The van der Waals surface area contributed by atoms with Crippen molar-refractivity contribution >= 4 is 20.0 Å². The molecule has 0 aliphatic rings. The fraction of sp³-hybridized carbons (Fsp3) is 0.222. The topological polar surface area (TPSA) is 105 Å². The van der Waals surface area contributed by atoms with E-state index in [2.05, 4.69) is 0 Å². The summed E-state index contributed by atoms with van der Waals surface area (Å²) in [5.74, 6) is -0.962. The molecule has 2 aromatic carbocycles. The van der Waals surface area contributed by atoms with Crippen molar-refractivity contribution in [2.75, 3.05) is 6.61 Å². The van der Waals surface area contributed by atoms with Crippen LogP contribution in [0.2, 0.25) is 0 Å². The Kier molecular flexibility index (Phi) is 7.53. The molecule has 0 aromatic heterocycles. The fourth-order valence-electron chi connectivity index (χ4n) is 1.91. The van der Waals surface area contributed by atoms with Crippen molar-refractivity contribution in [3.05, 3.63) is 65.7 Å². The SMILES string of the molecule is C[C@H](N)C(=O)CO[PH](=O)Oc1ccccc1C(=O)OCc1ccccc1. The quantitative estimate of drug-likeness (QED) is 0.529. The summed E-state index contributed by atoms with van der Waals surface area (Å²) in [5, 5.41) is 0. The average Bonchev–Trinajstić information content (AvgIpc) is 2.65. The van der Waals surface area contributed by atoms with Crippen LogP contribution >= 0.6 is 8.25 Å². The first-order valence-corrected chi connectivity index (χ1v) is 9.13. The van der Waals surface area contributed by atoms with E-state index in [9.17, 15) is 14.2 Å². The van der Waals surface area contributed by atoms with E-state index < -0.39 is 32.7 Å². The number of Topliss-reactive ketones (excluding diaryl/α,β-unsaturated/α-hetero) is 1. The third-order valence-corrected chi connectivity index (χ3v) is 4.12. The number of benzene rings is 2. The van der Waals surface area contributed by atoms with Crippen molar-refractivity contribution in [1.82, 2.24) is 0 Å². The molecule has 2 aromatic rings. The van der Waals surface area contributed by atoms with Gasteiger partial charge < -0.3 is 15.0 Å². The number of hydrogen-bond acceptors (Lipinski definition) is 7. The number of nitrogens with two attached hydrogens (primary N) is 1. The van der Waals surface area contributed by atoms with Crippen LogP contribution in [0.1, 0.15) is 22.8 Å². The Morgan fingerprint density at radius 2 is 1.73 bits per heavy atom. The lowest BCUT2D eigenvalue weighted by Crippen LogP contribution is -2.29. The second kappa shape index (κ2) is 9.87. The Hall–Kier alpha value is -2.47. The van der Waals surface area contributed by atoms with Crippen LogP contribution in [0.3, 0.4) is 0 Å². The molecule has 2 N–H and O–H groups in total. The lowest BCUT2D eigenvalue weighted by molar-refractivity contribution is -0.121. The van der Waals surface area contributed by atoms with E-state index in [4.69, 9.17) is 19.5 Å². The number of ether oxygens (including phenoxy) is 1. The zero-order valence-electron chi connectivity index (χ0n) is 14.2. The van der Waals surface area contributed by atoms with Gasteiger partial charge in [0.2, 0.25) is 0 Å². The van der Waals surface area contributed by atoms with Gasteiger partial charge in [0, 0.05) is 0 Å². The number of ketones is 1. The zero-order chi connectivity index (χ0) is 18.9. The average molecular weight is 377 g/mol. The van der Waals surface area contributed by atoms with Crippen LogP contribution in [-0.4, -0.2) is 24.4 Å². The summed E-state index contributed by atoms with van der Waals surface area (Å²) in [6.07, 6.45) is 0. The summed E-state index contributed by atoms with van der Waals surface area (Å²) < 4.78 is 27.2.